The molecular weight excluding hydrogens is 454 g/mol. The van der Waals surface area contributed by atoms with Gasteiger partial charge in [0.25, 0.3) is 0 Å². The zero-order valence-electron chi connectivity index (χ0n) is 21.5. The molecule has 0 aromatic heterocycles. The van der Waals surface area contributed by atoms with Crippen molar-refractivity contribution in [3.05, 3.63) is 71.8 Å². The molecule has 4 nitrogen and oxygen atoms in total. The van der Waals surface area contributed by atoms with Crippen molar-refractivity contribution >= 4 is 26.3 Å². The fourth-order valence-corrected chi connectivity index (χ4v) is 8.08. The second-order valence-electron chi connectivity index (χ2n) is 10.4. The molecule has 1 aliphatic rings. The fourth-order valence-electron chi connectivity index (χ4n) is 5.89. The summed E-state index contributed by atoms with van der Waals surface area (Å²) < 4.78 is 28.0. The van der Waals surface area contributed by atoms with Gasteiger partial charge in [-0.15, -0.1) is 0 Å². The minimum absolute atomic E-state index is 0.00323. The summed E-state index contributed by atoms with van der Waals surface area (Å²) in [6.45, 7) is 4.26. The number of benzene rings is 3. The van der Waals surface area contributed by atoms with Gasteiger partial charge < -0.3 is 10.0 Å². The number of aliphatic hydroxyl groups excluding tert-OH is 1. The van der Waals surface area contributed by atoms with Crippen LogP contribution in [0.4, 0.5) is 5.69 Å². The SMILES string of the molecule is CCCCC1(CCCC)CS(=O)(=O)c2ccc(N(C)C)cc2[C@@H](c2cccc3ccccc23)[C@H]1O. The Hall–Kier alpha value is -2.37. The molecule has 2 atom stereocenters. The van der Waals surface area contributed by atoms with E-state index >= 15 is 0 Å². The highest BCUT2D eigenvalue weighted by molar-refractivity contribution is 7.91. The first-order valence-corrected chi connectivity index (χ1v) is 14.6. The highest BCUT2D eigenvalue weighted by Gasteiger charge is 2.49. The van der Waals surface area contributed by atoms with Gasteiger partial charge in [0.1, 0.15) is 0 Å². The van der Waals surface area contributed by atoms with Crippen LogP contribution in [0.2, 0.25) is 0 Å². The molecule has 0 saturated carbocycles. The monoisotopic (exact) mass is 493 g/mol. The van der Waals surface area contributed by atoms with Gasteiger partial charge in [-0.3, -0.25) is 0 Å². The van der Waals surface area contributed by atoms with E-state index in [2.05, 4.69) is 38.1 Å². The van der Waals surface area contributed by atoms with E-state index in [-0.39, 0.29) is 5.75 Å². The fraction of sp³-hybridized carbons (Fsp3) is 0.467. The smallest absolute Gasteiger partial charge is 0.179 e. The van der Waals surface area contributed by atoms with E-state index in [1.165, 1.54) is 0 Å². The predicted molar refractivity (Wildman–Crippen MR) is 146 cm³/mol. The second-order valence-corrected chi connectivity index (χ2v) is 12.4. The molecule has 0 fully saturated rings. The first kappa shape index (κ1) is 25.7. The predicted octanol–water partition coefficient (Wildman–Crippen LogP) is 6.55. The second kappa shape index (κ2) is 10.3. The Morgan fingerprint density at radius 3 is 2.23 bits per heavy atom. The summed E-state index contributed by atoms with van der Waals surface area (Å²) in [5, 5.41) is 14.5. The van der Waals surface area contributed by atoms with Crippen LogP contribution in [0.15, 0.2) is 65.6 Å². The zero-order valence-corrected chi connectivity index (χ0v) is 22.3. The van der Waals surface area contributed by atoms with E-state index in [0.29, 0.717) is 17.7 Å². The summed E-state index contributed by atoms with van der Waals surface area (Å²) in [7, 11) is 0.328. The van der Waals surface area contributed by atoms with E-state index in [0.717, 1.165) is 53.3 Å². The minimum atomic E-state index is -3.60. The minimum Gasteiger partial charge on any atom is -0.392 e. The number of sulfone groups is 1. The Morgan fingerprint density at radius 1 is 0.914 bits per heavy atom. The van der Waals surface area contributed by atoms with Gasteiger partial charge in [0.05, 0.1) is 16.8 Å². The van der Waals surface area contributed by atoms with E-state index in [1.54, 1.807) is 6.07 Å². The van der Waals surface area contributed by atoms with Crippen molar-refractivity contribution in [2.75, 3.05) is 24.7 Å². The van der Waals surface area contributed by atoms with Crippen LogP contribution in [0.3, 0.4) is 0 Å². The van der Waals surface area contributed by atoms with Crippen molar-refractivity contribution in [1.82, 2.24) is 0 Å². The van der Waals surface area contributed by atoms with E-state index in [4.69, 9.17) is 0 Å². The molecular formula is C30H39NO3S. The lowest BCUT2D eigenvalue weighted by Crippen LogP contribution is -2.43. The van der Waals surface area contributed by atoms with Crippen LogP contribution in [0.25, 0.3) is 10.8 Å². The van der Waals surface area contributed by atoms with E-state index < -0.39 is 27.3 Å². The molecule has 1 N–H and O–H groups in total. The molecule has 0 radical (unpaired) electrons. The third-order valence-electron chi connectivity index (χ3n) is 7.82. The Bertz CT molecular complexity index is 1270. The van der Waals surface area contributed by atoms with Crippen LogP contribution in [0, 0.1) is 5.41 Å². The standard InChI is InChI=1S/C30H39NO3S/c1-5-7-18-30(19-8-6-2)21-35(33,34)27-17-16-23(31(3)4)20-26(27)28(29(30)32)25-15-11-13-22-12-9-10-14-24(22)25/h9-17,20,28-29,32H,5-8,18-19,21H2,1-4H3/t28-,29-/m1/s1. The van der Waals surface area contributed by atoms with Crippen molar-refractivity contribution in [2.45, 2.75) is 69.3 Å². The van der Waals surface area contributed by atoms with Crippen molar-refractivity contribution < 1.29 is 13.5 Å². The quantitative estimate of drug-likeness (QED) is 0.386. The Labute approximate surface area is 210 Å². The molecule has 35 heavy (non-hydrogen) atoms. The lowest BCUT2D eigenvalue weighted by Gasteiger charge is -2.40. The molecule has 3 aromatic carbocycles. The van der Waals surface area contributed by atoms with E-state index in [9.17, 15) is 13.5 Å². The van der Waals surface area contributed by atoms with E-state index in [1.807, 2.05) is 49.3 Å². The maximum Gasteiger partial charge on any atom is 0.179 e. The highest BCUT2D eigenvalue weighted by atomic mass is 32.2. The van der Waals surface area contributed by atoms with Gasteiger partial charge in [0, 0.05) is 31.1 Å². The largest absolute Gasteiger partial charge is 0.392 e. The molecule has 0 spiro atoms. The van der Waals surface area contributed by atoms with Gasteiger partial charge in [0.15, 0.2) is 9.84 Å². The summed E-state index contributed by atoms with van der Waals surface area (Å²) in [4.78, 5) is 2.36. The number of hydrogen-bond acceptors (Lipinski definition) is 4. The summed E-state index contributed by atoms with van der Waals surface area (Å²) in [5.74, 6) is -0.432. The number of nitrogens with zero attached hydrogens (tertiary/aromatic N) is 1. The molecule has 1 aliphatic heterocycles. The van der Waals surface area contributed by atoms with Crippen LogP contribution in [-0.2, 0) is 9.84 Å². The number of unbranched alkanes of at least 4 members (excludes halogenated alkanes) is 2. The molecule has 0 unspecified atom stereocenters. The Kier molecular flexibility index (Phi) is 7.58. The highest BCUT2D eigenvalue weighted by Crippen LogP contribution is 2.51. The molecule has 0 saturated heterocycles. The van der Waals surface area contributed by atoms with Gasteiger partial charge in [-0.25, -0.2) is 8.42 Å². The van der Waals surface area contributed by atoms with Gasteiger partial charge in [0.2, 0.25) is 0 Å². The molecule has 0 bridgehead atoms. The normalized spacial score (nSPS) is 20.8. The molecule has 0 aliphatic carbocycles. The lowest BCUT2D eigenvalue weighted by atomic mass is 9.67. The summed E-state index contributed by atoms with van der Waals surface area (Å²) in [6.07, 6.45) is 4.35. The van der Waals surface area contributed by atoms with Crippen LogP contribution in [0.1, 0.15) is 69.4 Å². The molecule has 3 aromatic rings. The Balaban J connectivity index is 2.05. The van der Waals surface area contributed by atoms with Crippen molar-refractivity contribution in [2.24, 2.45) is 5.41 Å². The van der Waals surface area contributed by atoms with Crippen LogP contribution in [0.5, 0.6) is 0 Å². The van der Waals surface area contributed by atoms with Gasteiger partial charge in [-0.05, 0) is 52.9 Å². The average Bonchev–Trinajstić information content (AvgIpc) is 2.92. The molecule has 1 heterocycles. The summed E-state index contributed by atoms with van der Waals surface area (Å²) >= 11 is 0. The average molecular weight is 494 g/mol. The van der Waals surface area contributed by atoms with Crippen molar-refractivity contribution in [3.63, 3.8) is 0 Å². The molecule has 5 heteroatoms. The van der Waals surface area contributed by atoms with Gasteiger partial charge in [-0.1, -0.05) is 82.0 Å². The maximum absolute atomic E-state index is 14.0. The van der Waals surface area contributed by atoms with Gasteiger partial charge >= 0.3 is 0 Å². The van der Waals surface area contributed by atoms with Crippen molar-refractivity contribution in [1.29, 1.82) is 0 Å². The first-order valence-electron chi connectivity index (χ1n) is 12.9. The van der Waals surface area contributed by atoms with Crippen LogP contribution in [-0.4, -0.2) is 39.5 Å². The summed E-state index contributed by atoms with van der Waals surface area (Å²) in [6, 6.07) is 20.0. The molecule has 188 valence electrons. The number of fused-ring (bicyclic) bond motifs is 2. The molecule has 4 rings (SSSR count). The van der Waals surface area contributed by atoms with Gasteiger partial charge in [-0.2, -0.15) is 0 Å². The van der Waals surface area contributed by atoms with Crippen molar-refractivity contribution in [3.8, 4) is 0 Å². The first-order chi connectivity index (χ1) is 16.7. The third kappa shape index (κ3) is 4.85. The topological polar surface area (TPSA) is 57.6 Å². The zero-order chi connectivity index (χ0) is 25.2. The number of hydrogen-bond donors (Lipinski definition) is 1. The number of aliphatic hydroxyl groups is 1. The third-order valence-corrected chi connectivity index (χ3v) is 9.81. The number of rotatable bonds is 8. The summed E-state index contributed by atoms with van der Waals surface area (Å²) in [5.41, 5.74) is 1.96. The number of anilines is 1. The maximum atomic E-state index is 14.0. The lowest BCUT2D eigenvalue weighted by molar-refractivity contribution is 0.0130. The van der Waals surface area contributed by atoms with Crippen LogP contribution >= 0.6 is 0 Å². The Morgan fingerprint density at radius 2 is 1.57 bits per heavy atom. The van der Waals surface area contributed by atoms with Crippen LogP contribution < -0.4 is 4.90 Å². The molecule has 0 amide bonds.